The molecule has 3 N–H and O–H groups in total. The number of furan rings is 1. The molecule has 0 aromatic carbocycles. The molecule has 2 atom stereocenters. The van der Waals surface area contributed by atoms with Crippen molar-refractivity contribution in [1.29, 1.82) is 0 Å². The predicted octanol–water partition coefficient (Wildman–Crippen LogP) is -0.588. The van der Waals surface area contributed by atoms with Crippen LogP contribution >= 0.6 is 0 Å². The van der Waals surface area contributed by atoms with E-state index in [2.05, 4.69) is 0 Å². The summed E-state index contributed by atoms with van der Waals surface area (Å²) in [6.45, 7) is 0.0624. The summed E-state index contributed by atoms with van der Waals surface area (Å²) in [5.41, 5.74) is 0. The fraction of sp³-hybridized carbons (Fsp3) is 0.500. The van der Waals surface area contributed by atoms with E-state index in [1.165, 1.54) is 11.2 Å². The molecule has 0 saturated carbocycles. The number of carboxylic acids is 1. The van der Waals surface area contributed by atoms with Gasteiger partial charge in [-0.1, -0.05) is 0 Å². The molecule has 116 valence electrons. The number of hydrogen-bond donors (Lipinski definition) is 2. The molecule has 1 amide bonds. The third kappa shape index (κ3) is 4.05. The molecule has 0 aliphatic carbocycles. The fourth-order valence-corrected chi connectivity index (χ4v) is 3.38. The first-order valence-corrected chi connectivity index (χ1v) is 8.03. The van der Waals surface area contributed by atoms with Gasteiger partial charge in [-0.2, -0.15) is 0 Å². The number of nitrogens with two attached hydrogens (primary N) is 1. The maximum absolute atomic E-state index is 11.9. The molecule has 2 heterocycles. The zero-order valence-corrected chi connectivity index (χ0v) is 12.0. The zero-order valence-electron chi connectivity index (χ0n) is 11.1. The molecule has 0 radical (unpaired) electrons. The van der Waals surface area contributed by atoms with Crippen LogP contribution in [0.3, 0.4) is 0 Å². The van der Waals surface area contributed by atoms with Crippen LogP contribution in [0.1, 0.15) is 12.2 Å². The van der Waals surface area contributed by atoms with Crippen molar-refractivity contribution in [3.05, 3.63) is 24.2 Å². The number of carbonyl (C=O) groups is 2. The van der Waals surface area contributed by atoms with Crippen LogP contribution in [0.4, 0.5) is 0 Å². The Bertz CT molecular complexity index is 624. The maximum atomic E-state index is 11.9. The van der Waals surface area contributed by atoms with Crippen LogP contribution in [-0.2, 0) is 26.0 Å². The van der Waals surface area contributed by atoms with Gasteiger partial charge in [0, 0.05) is 25.3 Å². The van der Waals surface area contributed by atoms with Gasteiger partial charge in [-0.3, -0.25) is 4.79 Å². The van der Waals surface area contributed by atoms with E-state index < -0.39 is 28.0 Å². The van der Waals surface area contributed by atoms with E-state index in [1.807, 2.05) is 0 Å². The molecule has 1 aromatic rings. The number of carboxylic acid groups (broad SMARTS) is 1. The predicted molar refractivity (Wildman–Crippen MR) is 71.6 cm³/mol. The van der Waals surface area contributed by atoms with Crippen LogP contribution in [0.2, 0.25) is 0 Å². The SMILES string of the molecule is NS(=O)(=O)CC1CC(=O)N(C(Cc2ccco2)C(=O)O)C1. The van der Waals surface area contributed by atoms with Gasteiger partial charge in [0.1, 0.15) is 11.8 Å². The summed E-state index contributed by atoms with van der Waals surface area (Å²) in [6, 6.07) is 2.18. The molecule has 1 fully saturated rings. The Hall–Kier alpha value is -1.87. The van der Waals surface area contributed by atoms with E-state index in [1.54, 1.807) is 12.1 Å². The lowest BCUT2D eigenvalue weighted by Gasteiger charge is -2.24. The topological polar surface area (TPSA) is 131 Å². The summed E-state index contributed by atoms with van der Waals surface area (Å²) >= 11 is 0. The largest absolute Gasteiger partial charge is 0.480 e. The molecule has 0 bridgehead atoms. The Morgan fingerprint density at radius 2 is 2.29 bits per heavy atom. The Balaban J connectivity index is 2.10. The van der Waals surface area contributed by atoms with E-state index in [0.717, 1.165) is 0 Å². The van der Waals surface area contributed by atoms with E-state index >= 15 is 0 Å². The highest BCUT2D eigenvalue weighted by molar-refractivity contribution is 7.89. The van der Waals surface area contributed by atoms with Gasteiger partial charge in [0.05, 0.1) is 12.0 Å². The molecule has 0 spiro atoms. The zero-order chi connectivity index (χ0) is 15.6. The highest BCUT2D eigenvalue weighted by Crippen LogP contribution is 2.23. The quantitative estimate of drug-likeness (QED) is 0.721. The normalized spacial score (nSPS) is 20.7. The van der Waals surface area contributed by atoms with Gasteiger partial charge in [-0.05, 0) is 12.1 Å². The Morgan fingerprint density at radius 1 is 1.57 bits per heavy atom. The van der Waals surface area contributed by atoms with Crippen molar-refractivity contribution in [1.82, 2.24) is 4.90 Å². The number of aliphatic carboxylic acids is 1. The summed E-state index contributed by atoms with van der Waals surface area (Å²) in [6.07, 6.45) is 1.44. The molecule has 2 rings (SSSR count). The van der Waals surface area contributed by atoms with Crippen LogP contribution in [-0.4, -0.2) is 48.6 Å². The number of primary sulfonamides is 1. The molecule has 8 nitrogen and oxygen atoms in total. The standard InChI is InChI=1S/C12H16N2O6S/c13-21(18,19)7-8-4-11(15)14(6-8)10(12(16)17)5-9-2-1-3-20-9/h1-3,8,10H,4-7H2,(H,16,17)(H2,13,18,19). The average molecular weight is 316 g/mol. The fourth-order valence-electron chi connectivity index (χ4n) is 2.50. The number of sulfonamides is 1. The van der Waals surface area contributed by atoms with Gasteiger partial charge in [0.15, 0.2) is 0 Å². The van der Waals surface area contributed by atoms with E-state index in [-0.39, 0.29) is 31.0 Å². The number of rotatable bonds is 6. The molecule has 1 aliphatic heterocycles. The molecular weight excluding hydrogens is 300 g/mol. The van der Waals surface area contributed by atoms with Gasteiger partial charge < -0.3 is 14.4 Å². The van der Waals surface area contributed by atoms with E-state index in [0.29, 0.717) is 5.76 Å². The van der Waals surface area contributed by atoms with Crippen LogP contribution in [0.5, 0.6) is 0 Å². The van der Waals surface area contributed by atoms with Crippen molar-refractivity contribution >= 4 is 21.9 Å². The second-order valence-electron chi connectivity index (χ2n) is 5.08. The van der Waals surface area contributed by atoms with Crippen LogP contribution in [0, 0.1) is 5.92 Å². The summed E-state index contributed by atoms with van der Waals surface area (Å²) in [7, 11) is -3.70. The third-order valence-electron chi connectivity index (χ3n) is 3.34. The first-order valence-electron chi connectivity index (χ1n) is 6.31. The van der Waals surface area contributed by atoms with Gasteiger partial charge in [0.2, 0.25) is 15.9 Å². The molecule has 1 saturated heterocycles. The number of likely N-dealkylation sites (tertiary alicyclic amines) is 1. The molecule has 9 heteroatoms. The van der Waals surface area contributed by atoms with Crippen molar-refractivity contribution in [2.45, 2.75) is 18.9 Å². The van der Waals surface area contributed by atoms with Crippen LogP contribution < -0.4 is 5.14 Å². The van der Waals surface area contributed by atoms with Gasteiger partial charge in [-0.25, -0.2) is 18.4 Å². The van der Waals surface area contributed by atoms with Crippen molar-refractivity contribution in [3.8, 4) is 0 Å². The minimum Gasteiger partial charge on any atom is -0.480 e. The van der Waals surface area contributed by atoms with Gasteiger partial charge >= 0.3 is 5.97 Å². The Morgan fingerprint density at radius 3 is 2.81 bits per heavy atom. The highest BCUT2D eigenvalue weighted by Gasteiger charge is 2.39. The van der Waals surface area contributed by atoms with Crippen LogP contribution in [0.15, 0.2) is 22.8 Å². The second kappa shape index (κ2) is 5.86. The third-order valence-corrected chi connectivity index (χ3v) is 4.28. The van der Waals surface area contributed by atoms with Crippen LogP contribution in [0.25, 0.3) is 0 Å². The number of hydrogen-bond acceptors (Lipinski definition) is 5. The van der Waals surface area contributed by atoms with Crippen molar-refractivity contribution in [3.63, 3.8) is 0 Å². The van der Waals surface area contributed by atoms with Crippen molar-refractivity contribution in [2.24, 2.45) is 11.1 Å². The average Bonchev–Trinajstić information content (AvgIpc) is 2.93. The summed E-state index contributed by atoms with van der Waals surface area (Å²) in [4.78, 5) is 24.5. The lowest BCUT2D eigenvalue weighted by Crippen LogP contribution is -2.44. The summed E-state index contributed by atoms with van der Waals surface area (Å²) in [5.74, 6) is -1.91. The number of nitrogens with zero attached hydrogens (tertiary/aromatic N) is 1. The van der Waals surface area contributed by atoms with Gasteiger partial charge in [0.25, 0.3) is 0 Å². The minimum atomic E-state index is -3.70. The summed E-state index contributed by atoms with van der Waals surface area (Å²) in [5, 5.41) is 14.3. The van der Waals surface area contributed by atoms with E-state index in [4.69, 9.17) is 9.56 Å². The molecular formula is C12H16N2O6S. The lowest BCUT2D eigenvalue weighted by atomic mass is 10.1. The molecule has 1 aliphatic rings. The Labute approximate surface area is 121 Å². The van der Waals surface area contributed by atoms with Gasteiger partial charge in [-0.15, -0.1) is 0 Å². The monoisotopic (exact) mass is 316 g/mol. The van der Waals surface area contributed by atoms with Crippen molar-refractivity contribution < 1.29 is 27.5 Å². The molecule has 1 aromatic heterocycles. The van der Waals surface area contributed by atoms with E-state index in [9.17, 15) is 23.1 Å². The first-order chi connectivity index (χ1) is 9.76. The second-order valence-corrected chi connectivity index (χ2v) is 6.74. The lowest BCUT2D eigenvalue weighted by molar-refractivity contribution is -0.148. The molecule has 21 heavy (non-hydrogen) atoms. The number of carbonyl (C=O) groups excluding carboxylic acids is 1. The summed E-state index contributed by atoms with van der Waals surface area (Å²) < 4.78 is 27.3. The number of amides is 1. The molecule has 2 unspecified atom stereocenters. The maximum Gasteiger partial charge on any atom is 0.326 e. The smallest absolute Gasteiger partial charge is 0.326 e. The first kappa shape index (κ1) is 15.5. The Kier molecular flexibility index (Phi) is 4.33. The minimum absolute atomic E-state index is 0.0155. The van der Waals surface area contributed by atoms with Crippen molar-refractivity contribution in [2.75, 3.05) is 12.3 Å². The highest BCUT2D eigenvalue weighted by atomic mass is 32.2.